The fourth-order valence-corrected chi connectivity index (χ4v) is 5.62. The van der Waals surface area contributed by atoms with Crippen LogP contribution in [0.3, 0.4) is 0 Å². The number of hydrogen-bond acceptors (Lipinski definition) is 5. The summed E-state index contributed by atoms with van der Waals surface area (Å²) in [7, 11) is -3.67. The lowest BCUT2D eigenvalue weighted by Gasteiger charge is -2.32. The second kappa shape index (κ2) is 7.71. The number of sulfonamides is 1. The molecule has 2 fully saturated rings. The van der Waals surface area contributed by atoms with Crippen molar-refractivity contribution in [2.45, 2.75) is 49.5 Å². The van der Waals surface area contributed by atoms with Crippen LogP contribution in [-0.2, 0) is 19.6 Å². The molecular formula is C19H25N3O5S. The predicted molar refractivity (Wildman–Crippen MR) is 102 cm³/mol. The molecule has 9 heteroatoms. The number of carbonyl (C=O) groups excluding carboxylic acids is 2. The van der Waals surface area contributed by atoms with E-state index in [0.717, 1.165) is 25.7 Å². The van der Waals surface area contributed by atoms with Crippen molar-refractivity contribution in [3.8, 4) is 5.75 Å². The van der Waals surface area contributed by atoms with Gasteiger partial charge in [0.25, 0.3) is 5.91 Å². The Labute approximate surface area is 164 Å². The average molecular weight is 407 g/mol. The van der Waals surface area contributed by atoms with Crippen LogP contribution >= 0.6 is 0 Å². The third kappa shape index (κ3) is 3.86. The van der Waals surface area contributed by atoms with Gasteiger partial charge in [-0.3, -0.25) is 9.59 Å². The normalized spacial score (nSPS) is 21.6. The summed E-state index contributed by atoms with van der Waals surface area (Å²) in [4.78, 5) is 23.9. The summed E-state index contributed by atoms with van der Waals surface area (Å²) in [5.74, 6) is 0.395. The van der Waals surface area contributed by atoms with Gasteiger partial charge in [-0.2, -0.15) is 4.31 Å². The smallest absolute Gasteiger partial charge is 0.262 e. The Morgan fingerprint density at radius 3 is 2.57 bits per heavy atom. The molecule has 1 saturated heterocycles. The summed E-state index contributed by atoms with van der Waals surface area (Å²) in [5.41, 5.74) is 0.371. The van der Waals surface area contributed by atoms with Crippen molar-refractivity contribution in [2.24, 2.45) is 5.92 Å². The van der Waals surface area contributed by atoms with Crippen LogP contribution in [0.4, 0.5) is 5.69 Å². The molecule has 0 unspecified atom stereocenters. The number of rotatable bonds is 4. The quantitative estimate of drug-likeness (QED) is 0.787. The number of hydrogen-bond donors (Lipinski definition) is 2. The van der Waals surface area contributed by atoms with E-state index in [1.54, 1.807) is 6.07 Å². The molecule has 1 aromatic carbocycles. The SMILES string of the molecule is O=C1COc2ccc(S(=O)(=O)N3CCC(NC(=O)C4CCCC4)CC3)cc2N1. The number of nitrogens with one attached hydrogen (secondary N) is 2. The number of fused-ring (bicyclic) bond motifs is 1. The van der Waals surface area contributed by atoms with Crippen LogP contribution in [0.2, 0.25) is 0 Å². The lowest BCUT2D eigenvalue weighted by molar-refractivity contribution is -0.125. The largest absolute Gasteiger partial charge is 0.482 e. The van der Waals surface area contributed by atoms with Gasteiger partial charge in [-0.25, -0.2) is 8.42 Å². The molecule has 0 bridgehead atoms. The number of nitrogens with zero attached hydrogens (tertiary/aromatic N) is 1. The average Bonchev–Trinajstić information content (AvgIpc) is 3.23. The molecule has 2 aliphatic heterocycles. The number of carbonyl (C=O) groups is 2. The van der Waals surface area contributed by atoms with E-state index in [2.05, 4.69) is 10.6 Å². The molecule has 2 heterocycles. The Morgan fingerprint density at radius 1 is 1.14 bits per heavy atom. The first-order valence-corrected chi connectivity index (χ1v) is 11.2. The third-order valence-corrected chi connectivity index (χ3v) is 7.64. The molecule has 4 rings (SSSR count). The number of ether oxygens (including phenoxy) is 1. The second-order valence-corrected chi connectivity index (χ2v) is 9.60. The van der Waals surface area contributed by atoms with Gasteiger partial charge >= 0.3 is 0 Å². The Balaban J connectivity index is 1.39. The maximum Gasteiger partial charge on any atom is 0.262 e. The molecule has 1 saturated carbocycles. The monoisotopic (exact) mass is 407 g/mol. The molecule has 152 valence electrons. The van der Waals surface area contributed by atoms with Crippen LogP contribution in [-0.4, -0.2) is 50.3 Å². The maximum atomic E-state index is 13.0. The zero-order chi connectivity index (χ0) is 19.7. The molecule has 0 spiro atoms. The summed E-state index contributed by atoms with van der Waals surface area (Å²) in [6.07, 6.45) is 5.34. The van der Waals surface area contributed by atoms with E-state index >= 15 is 0 Å². The minimum atomic E-state index is -3.67. The first kappa shape index (κ1) is 19.2. The number of benzene rings is 1. The van der Waals surface area contributed by atoms with Gasteiger partial charge in [-0.1, -0.05) is 12.8 Å². The summed E-state index contributed by atoms with van der Waals surface area (Å²) >= 11 is 0. The predicted octanol–water partition coefficient (Wildman–Crippen LogP) is 1.48. The molecule has 8 nitrogen and oxygen atoms in total. The highest BCUT2D eigenvalue weighted by Gasteiger charge is 2.32. The van der Waals surface area contributed by atoms with Crippen LogP contribution in [0.1, 0.15) is 38.5 Å². The number of amides is 2. The van der Waals surface area contributed by atoms with Gasteiger partial charge in [0.15, 0.2) is 6.61 Å². The molecule has 0 atom stereocenters. The van der Waals surface area contributed by atoms with E-state index in [1.165, 1.54) is 16.4 Å². The Kier molecular flexibility index (Phi) is 5.29. The summed E-state index contributed by atoms with van der Waals surface area (Å²) < 4.78 is 32.7. The van der Waals surface area contributed by atoms with E-state index < -0.39 is 10.0 Å². The molecule has 0 radical (unpaired) electrons. The lowest BCUT2D eigenvalue weighted by atomic mass is 10.0. The van der Waals surface area contributed by atoms with Crippen molar-refractivity contribution < 1.29 is 22.7 Å². The zero-order valence-corrected chi connectivity index (χ0v) is 16.5. The van der Waals surface area contributed by atoms with Crippen molar-refractivity contribution in [1.29, 1.82) is 0 Å². The van der Waals surface area contributed by atoms with Gasteiger partial charge in [0.05, 0.1) is 10.6 Å². The van der Waals surface area contributed by atoms with E-state index in [9.17, 15) is 18.0 Å². The maximum absolute atomic E-state index is 13.0. The lowest BCUT2D eigenvalue weighted by Crippen LogP contribution is -2.47. The molecule has 3 aliphatic rings. The molecule has 0 aromatic heterocycles. The first-order chi connectivity index (χ1) is 13.4. The van der Waals surface area contributed by atoms with Crippen molar-refractivity contribution in [1.82, 2.24) is 9.62 Å². The molecule has 28 heavy (non-hydrogen) atoms. The fraction of sp³-hybridized carbons (Fsp3) is 0.579. The Hall–Kier alpha value is -2.13. The standard InChI is InChI=1S/C19H25N3O5S/c23-18-12-27-17-6-5-15(11-16(17)21-18)28(25,26)22-9-7-14(8-10-22)20-19(24)13-3-1-2-4-13/h5-6,11,13-14H,1-4,7-10,12H2,(H,20,24)(H,21,23). The summed E-state index contributed by atoms with van der Waals surface area (Å²) in [5, 5.41) is 5.73. The summed E-state index contributed by atoms with van der Waals surface area (Å²) in [6, 6.07) is 4.53. The second-order valence-electron chi connectivity index (χ2n) is 7.66. The first-order valence-electron chi connectivity index (χ1n) is 9.81. The minimum Gasteiger partial charge on any atom is -0.482 e. The zero-order valence-electron chi connectivity index (χ0n) is 15.6. The van der Waals surface area contributed by atoms with Gasteiger partial charge in [0.1, 0.15) is 5.75 Å². The number of piperidine rings is 1. The molecular weight excluding hydrogens is 382 g/mol. The van der Waals surface area contributed by atoms with Gasteiger partial charge in [-0.05, 0) is 43.9 Å². The van der Waals surface area contributed by atoms with Gasteiger partial charge < -0.3 is 15.4 Å². The minimum absolute atomic E-state index is 0.0239. The van der Waals surface area contributed by atoms with Crippen molar-refractivity contribution in [2.75, 3.05) is 25.0 Å². The number of anilines is 1. The van der Waals surface area contributed by atoms with Gasteiger partial charge in [0, 0.05) is 25.0 Å². The molecule has 1 aliphatic carbocycles. The van der Waals surface area contributed by atoms with E-state index in [-0.39, 0.29) is 35.3 Å². The Bertz CT molecular complexity index is 872. The van der Waals surface area contributed by atoms with Gasteiger partial charge in [-0.15, -0.1) is 0 Å². The molecule has 1 aromatic rings. The highest BCUT2D eigenvalue weighted by atomic mass is 32.2. The van der Waals surface area contributed by atoms with Crippen molar-refractivity contribution in [3.05, 3.63) is 18.2 Å². The Morgan fingerprint density at radius 2 is 1.86 bits per heavy atom. The van der Waals surface area contributed by atoms with Crippen molar-refractivity contribution in [3.63, 3.8) is 0 Å². The third-order valence-electron chi connectivity index (χ3n) is 5.75. The topological polar surface area (TPSA) is 105 Å². The van der Waals surface area contributed by atoms with E-state index in [0.29, 0.717) is 37.4 Å². The van der Waals surface area contributed by atoms with Crippen LogP contribution in [0, 0.1) is 5.92 Å². The van der Waals surface area contributed by atoms with Crippen LogP contribution in [0.15, 0.2) is 23.1 Å². The van der Waals surface area contributed by atoms with E-state index in [4.69, 9.17) is 4.74 Å². The van der Waals surface area contributed by atoms with Crippen LogP contribution < -0.4 is 15.4 Å². The molecule has 2 amide bonds. The fourth-order valence-electron chi connectivity index (χ4n) is 4.12. The van der Waals surface area contributed by atoms with Gasteiger partial charge in [0.2, 0.25) is 15.9 Å². The highest BCUT2D eigenvalue weighted by Crippen LogP contribution is 2.32. The molecule has 2 N–H and O–H groups in total. The van der Waals surface area contributed by atoms with E-state index in [1.807, 2.05) is 0 Å². The summed E-state index contributed by atoms with van der Waals surface area (Å²) in [6.45, 7) is 0.648. The van der Waals surface area contributed by atoms with Crippen molar-refractivity contribution >= 4 is 27.5 Å². The highest BCUT2D eigenvalue weighted by molar-refractivity contribution is 7.89. The van der Waals surface area contributed by atoms with Crippen LogP contribution in [0.25, 0.3) is 0 Å². The van der Waals surface area contributed by atoms with Crippen LogP contribution in [0.5, 0.6) is 5.75 Å².